The number of hydrogen-bond acceptors (Lipinski definition) is 6. The highest BCUT2D eigenvalue weighted by molar-refractivity contribution is 7.22. The Balaban J connectivity index is 0.00000131. The van der Waals surface area contributed by atoms with E-state index in [0.717, 1.165) is 49.4 Å². The molecule has 0 bridgehead atoms. The summed E-state index contributed by atoms with van der Waals surface area (Å²) in [7, 11) is 0. The van der Waals surface area contributed by atoms with Gasteiger partial charge in [0.2, 0.25) is 5.91 Å². The van der Waals surface area contributed by atoms with Crippen LogP contribution >= 0.6 is 36.2 Å². The van der Waals surface area contributed by atoms with Gasteiger partial charge in [0.05, 0.1) is 16.3 Å². The Kier molecular flexibility index (Phi) is 8.12. The van der Waals surface area contributed by atoms with Crippen LogP contribution in [-0.2, 0) is 9.53 Å². The highest BCUT2D eigenvalue weighted by Crippen LogP contribution is 2.30. The number of aromatic nitrogens is 1. The van der Waals surface area contributed by atoms with Gasteiger partial charge in [-0.3, -0.25) is 4.79 Å². The molecule has 0 aliphatic carbocycles. The number of piperidine rings is 1. The van der Waals surface area contributed by atoms with Crippen LogP contribution in [0.2, 0.25) is 0 Å². The van der Waals surface area contributed by atoms with Crippen LogP contribution in [0.1, 0.15) is 25.7 Å². The van der Waals surface area contributed by atoms with Crippen LogP contribution in [-0.4, -0.2) is 48.8 Å². The van der Waals surface area contributed by atoms with Gasteiger partial charge in [-0.05, 0) is 37.8 Å². The molecule has 3 heterocycles. The number of para-hydroxylation sites is 1. The van der Waals surface area contributed by atoms with E-state index < -0.39 is 0 Å². The van der Waals surface area contributed by atoms with Gasteiger partial charge in [-0.2, -0.15) is 0 Å². The summed E-state index contributed by atoms with van der Waals surface area (Å²) in [5.41, 5.74) is 6.67. The molecule has 2 aromatic rings. The Bertz CT molecular complexity index is 719. The van der Waals surface area contributed by atoms with Crippen LogP contribution in [0.4, 0.5) is 5.13 Å². The van der Waals surface area contributed by atoms with Crippen LogP contribution in [0.25, 0.3) is 10.2 Å². The molecule has 3 N–H and O–H groups in total. The second kappa shape index (κ2) is 9.89. The SMILES string of the molecule is Cl.Cl.NC[C@H]1CC[C@@H](C(=O)NC2CCN(c3nc4ccccc4s3)CC2)O1. The minimum atomic E-state index is -0.323. The number of nitrogens with one attached hydrogen (secondary N) is 1. The molecule has 1 aromatic heterocycles. The number of carbonyl (C=O) groups is 1. The first-order valence-corrected chi connectivity index (χ1v) is 9.81. The number of carbonyl (C=O) groups excluding carboxylic acids is 1. The van der Waals surface area contributed by atoms with Crippen molar-refractivity contribution in [3.63, 3.8) is 0 Å². The van der Waals surface area contributed by atoms with E-state index in [-0.39, 0.29) is 49.0 Å². The van der Waals surface area contributed by atoms with Crippen molar-refractivity contribution in [1.29, 1.82) is 0 Å². The molecule has 1 aromatic carbocycles. The van der Waals surface area contributed by atoms with Gasteiger partial charge in [-0.15, -0.1) is 24.8 Å². The predicted molar refractivity (Wildman–Crippen MR) is 114 cm³/mol. The number of benzene rings is 1. The first kappa shape index (κ1) is 22.2. The molecule has 2 atom stereocenters. The largest absolute Gasteiger partial charge is 0.364 e. The lowest BCUT2D eigenvalue weighted by atomic mass is 10.0. The Morgan fingerprint density at radius 1 is 1.22 bits per heavy atom. The van der Waals surface area contributed by atoms with E-state index in [1.807, 2.05) is 12.1 Å². The smallest absolute Gasteiger partial charge is 0.249 e. The molecule has 0 spiro atoms. The molecule has 150 valence electrons. The van der Waals surface area contributed by atoms with Crippen LogP contribution in [0.3, 0.4) is 0 Å². The van der Waals surface area contributed by atoms with E-state index in [4.69, 9.17) is 15.5 Å². The van der Waals surface area contributed by atoms with Gasteiger partial charge in [-0.25, -0.2) is 4.98 Å². The Hall–Kier alpha value is -1.12. The molecular formula is C18H26Cl2N4O2S. The van der Waals surface area contributed by atoms with Crippen LogP contribution in [0, 0.1) is 0 Å². The summed E-state index contributed by atoms with van der Waals surface area (Å²) < 4.78 is 6.91. The second-order valence-electron chi connectivity index (χ2n) is 6.79. The van der Waals surface area contributed by atoms with Gasteiger partial charge in [0.15, 0.2) is 5.13 Å². The van der Waals surface area contributed by atoms with Gasteiger partial charge in [0.25, 0.3) is 0 Å². The fourth-order valence-corrected chi connectivity index (χ4v) is 4.59. The molecule has 6 nitrogen and oxygen atoms in total. The summed E-state index contributed by atoms with van der Waals surface area (Å²) in [4.78, 5) is 19.4. The third-order valence-corrected chi connectivity index (χ3v) is 6.15. The summed E-state index contributed by atoms with van der Waals surface area (Å²) in [6, 6.07) is 8.46. The standard InChI is InChI=1S/C18H24N4O2S.2ClH/c19-11-13-5-6-15(24-13)17(23)20-12-7-9-22(10-8-12)18-21-14-3-1-2-4-16(14)25-18;;/h1-4,12-13,15H,5-11,19H2,(H,20,23);2*1H/t13-,15+;;/m1../s1. The zero-order chi connectivity index (χ0) is 17.2. The number of thiazole rings is 1. The van der Waals surface area contributed by atoms with Gasteiger partial charge in [0, 0.05) is 25.7 Å². The molecule has 4 rings (SSSR count). The Morgan fingerprint density at radius 2 is 1.96 bits per heavy atom. The third kappa shape index (κ3) is 5.03. The lowest BCUT2D eigenvalue weighted by Crippen LogP contribution is -2.47. The Labute approximate surface area is 175 Å². The fraction of sp³-hybridized carbons (Fsp3) is 0.556. The van der Waals surface area contributed by atoms with E-state index in [2.05, 4.69) is 22.3 Å². The number of hydrogen-bond donors (Lipinski definition) is 2. The fourth-order valence-electron chi connectivity index (χ4n) is 3.58. The number of amides is 1. The quantitative estimate of drug-likeness (QED) is 0.775. The van der Waals surface area contributed by atoms with Crippen molar-refractivity contribution in [2.45, 2.75) is 43.9 Å². The number of nitrogens with two attached hydrogens (primary N) is 1. The summed E-state index contributed by atoms with van der Waals surface area (Å²) in [6.07, 6.45) is 3.25. The topological polar surface area (TPSA) is 80.5 Å². The summed E-state index contributed by atoms with van der Waals surface area (Å²) in [5.74, 6) is 0.0226. The lowest BCUT2D eigenvalue weighted by Gasteiger charge is -2.32. The maximum atomic E-state index is 12.3. The molecule has 2 aliphatic heterocycles. The van der Waals surface area contributed by atoms with Crippen molar-refractivity contribution < 1.29 is 9.53 Å². The first-order valence-electron chi connectivity index (χ1n) is 8.99. The summed E-state index contributed by atoms with van der Waals surface area (Å²) >= 11 is 1.74. The van der Waals surface area contributed by atoms with Gasteiger partial charge in [-0.1, -0.05) is 23.5 Å². The average Bonchev–Trinajstić information content (AvgIpc) is 3.29. The third-order valence-electron chi connectivity index (χ3n) is 5.06. The maximum absolute atomic E-state index is 12.3. The van der Waals surface area contributed by atoms with Gasteiger partial charge < -0.3 is 20.7 Å². The van der Waals surface area contributed by atoms with E-state index in [1.165, 1.54) is 4.70 Å². The lowest BCUT2D eigenvalue weighted by molar-refractivity contribution is -0.132. The highest BCUT2D eigenvalue weighted by Gasteiger charge is 2.32. The summed E-state index contributed by atoms with van der Waals surface area (Å²) in [5, 5.41) is 4.24. The van der Waals surface area contributed by atoms with Crippen molar-refractivity contribution in [3.05, 3.63) is 24.3 Å². The number of fused-ring (bicyclic) bond motifs is 1. The number of nitrogens with zero attached hydrogens (tertiary/aromatic N) is 2. The molecule has 0 saturated carbocycles. The zero-order valence-electron chi connectivity index (χ0n) is 15.0. The molecule has 2 aliphatic rings. The van der Waals surface area contributed by atoms with E-state index in [9.17, 15) is 4.79 Å². The normalized spacial score (nSPS) is 22.9. The Morgan fingerprint density at radius 3 is 2.63 bits per heavy atom. The minimum absolute atomic E-state index is 0. The van der Waals surface area contributed by atoms with Crippen molar-refractivity contribution in [1.82, 2.24) is 10.3 Å². The van der Waals surface area contributed by atoms with E-state index >= 15 is 0 Å². The number of halogens is 2. The maximum Gasteiger partial charge on any atom is 0.249 e. The first-order chi connectivity index (χ1) is 12.2. The van der Waals surface area contributed by atoms with Crippen LogP contribution in [0.5, 0.6) is 0 Å². The van der Waals surface area contributed by atoms with Gasteiger partial charge >= 0.3 is 0 Å². The molecular weight excluding hydrogens is 407 g/mol. The van der Waals surface area contributed by atoms with E-state index in [0.29, 0.717) is 6.54 Å². The average molecular weight is 433 g/mol. The monoisotopic (exact) mass is 432 g/mol. The molecule has 2 fully saturated rings. The molecule has 1 amide bonds. The number of anilines is 1. The van der Waals surface area contributed by atoms with Gasteiger partial charge in [0.1, 0.15) is 6.10 Å². The van der Waals surface area contributed by atoms with Crippen molar-refractivity contribution in [2.75, 3.05) is 24.5 Å². The zero-order valence-corrected chi connectivity index (χ0v) is 17.5. The van der Waals surface area contributed by atoms with E-state index in [1.54, 1.807) is 11.3 Å². The number of ether oxygens (including phenoxy) is 1. The molecule has 9 heteroatoms. The highest BCUT2D eigenvalue weighted by atomic mass is 35.5. The molecule has 2 saturated heterocycles. The van der Waals surface area contributed by atoms with Crippen molar-refractivity contribution in [2.24, 2.45) is 5.73 Å². The van der Waals surface area contributed by atoms with Crippen LogP contribution < -0.4 is 16.0 Å². The second-order valence-corrected chi connectivity index (χ2v) is 7.80. The minimum Gasteiger partial charge on any atom is -0.364 e. The molecule has 0 unspecified atom stereocenters. The van der Waals surface area contributed by atoms with Crippen molar-refractivity contribution >= 4 is 57.4 Å². The molecule has 0 radical (unpaired) electrons. The van der Waals surface area contributed by atoms with Crippen molar-refractivity contribution in [3.8, 4) is 0 Å². The molecule has 27 heavy (non-hydrogen) atoms. The summed E-state index contributed by atoms with van der Waals surface area (Å²) in [6.45, 7) is 2.33. The van der Waals surface area contributed by atoms with Crippen LogP contribution in [0.15, 0.2) is 24.3 Å². The predicted octanol–water partition coefficient (Wildman–Crippen LogP) is 2.73. The number of rotatable bonds is 4.